The number of aliphatic carboxylic acids is 1. The third kappa shape index (κ3) is 5.32. The van der Waals surface area contributed by atoms with Gasteiger partial charge in [-0.25, -0.2) is 9.59 Å². The molecule has 0 radical (unpaired) electrons. The van der Waals surface area contributed by atoms with Gasteiger partial charge >= 0.3 is 12.1 Å². The Morgan fingerprint density at radius 1 is 1.06 bits per heavy atom. The number of rotatable bonds is 8. The first-order valence-corrected chi connectivity index (χ1v) is 12.2. The van der Waals surface area contributed by atoms with Crippen LogP contribution in [-0.2, 0) is 14.3 Å². The first-order chi connectivity index (χ1) is 16.8. The summed E-state index contributed by atoms with van der Waals surface area (Å²) in [6.07, 6.45) is 0.919. The van der Waals surface area contributed by atoms with Gasteiger partial charge in [-0.15, -0.1) is 0 Å². The number of carboxylic acids is 1. The van der Waals surface area contributed by atoms with E-state index < -0.39 is 17.7 Å². The second-order valence-electron chi connectivity index (χ2n) is 9.38. The van der Waals surface area contributed by atoms with Gasteiger partial charge in [0.25, 0.3) is 0 Å². The molecule has 2 aromatic rings. The number of nitrogens with zero attached hydrogens (tertiary/aromatic N) is 1. The number of carbonyl (C=O) groups excluding carboxylic acids is 2. The Morgan fingerprint density at radius 2 is 1.63 bits per heavy atom. The second-order valence-corrected chi connectivity index (χ2v) is 9.38. The first-order valence-electron chi connectivity index (χ1n) is 12.2. The summed E-state index contributed by atoms with van der Waals surface area (Å²) in [5.74, 6) is -1.47. The number of fused-ring (bicyclic) bond motifs is 3. The van der Waals surface area contributed by atoms with Crippen molar-refractivity contribution in [2.45, 2.75) is 56.6 Å². The van der Waals surface area contributed by atoms with Gasteiger partial charge in [-0.05, 0) is 28.7 Å². The number of carbonyl (C=O) groups is 3. The highest BCUT2D eigenvalue weighted by Crippen LogP contribution is 2.44. The molecule has 1 saturated heterocycles. The van der Waals surface area contributed by atoms with Crippen LogP contribution >= 0.6 is 0 Å². The number of aliphatic hydroxyl groups is 1. The number of ether oxygens (including phenoxy) is 1. The number of hydrogen-bond donors (Lipinski definition) is 3. The van der Waals surface area contributed by atoms with Crippen molar-refractivity contribution in [1.29, 1.82) is 0 Å². The third-order valence-electron chi connectivity index (χ3n) is 7.07. The van der Waals surface area contributed by atoms with Crippen LogP contribution < -0.4 is 5.32 Å². The Hall–Kier alpha value is -3.39. The van der Waals surface area contributed by atoms with Crippen LogP contribution in [0.4, 0.5) is 4.79 Å². The molecular weight excluding hydrogens is 448 g/mol. The van der Waals surface area contributed by atoms with Crippen LogP contribution in [0.2, 0.25) is 0 Å². The minimum atomic E-state index is -1.78. The molecule has 0 unspecified atom stereocenters. The van der Waals surface area contributed by atoms with Crippen molar-refractivity contribution in [2.75, 3.05) is 19.7 Å². The minimum Gasteiger partial charge on any atom is -0.479 e. The zero-order valence-corrected chi connectivity index (χ0v) is 19.9. The van der Waals surface area contributed by atoms with Crippen molar-refractivity contribution in [3.05, 3.63) is 59.7 Å². The number of likely N-dealkylation sites (tertiary alicyclic amines) is 1. The van der Waals surface area contributed by atoms with E-state index in [1.165, 1.54) is 0 Å². The van der Waals surface area contributed by atoms with E-state index in [9.17, 15) is 19.5 Å². The Kier molecular flexibility index (Phi) is 7.40. The molecular formula is C27H32N2O6. The van der Waals surface area contributed by atoms with Gasteiger partial charge in [0.2, 0.25) is 5.91 Å². The van der Waals surface area contributed by atoms with Crippen LogP contribution in [0.25, 0.3) is 11.1 Å². The molecule has 1 aliphatic carbocycles. The van der Waals surface area contributed by atoms with Gasteiger partial charge in [-0.3, -0.25) is 4.79 Å². The normalized spacial score (nSPS) is 17.3. The second kappa shape index (κ2) is 10.5. The Morgan fingerprint density at radius 3 is 2.17 bits per heavy atom. The number of amides is 2. The number of hydrogen-bond acceptors (Lipinski definition) is 5. The van der Waals surface area contributed by atoms with Crippen LogP contribution in [0.1, 0.15) is 56.1 Å². The van der Waals surface area contributed by atoms with Crippen molar-refractivity contribution in [1.82, 2.24) is 10.2 Å². The molecule has 8 heteroatoms. The molecule has 35 heavy (non-hydrogen) atoms. The van der Waals surface area contributed by atoms with E-state index >= 15 is 0 Å². The third-order valence-corrected chi connectivity index (χ3v) is 7.07. The summed E-state index contributed by atoms with van der Waals surface area (Å²) >= 11 is 0. The minimum absolute atomic E-state index is 0.00761. The van der Waals surface area contributed by atoms with E-state index in [-0.39, 0.29) is 56.8 Å². The Labute approximate surface area is 204 Å². The van der Waals surface area contributed by atoms with E-state index in [4.69, 9.17) is 9.84 Å². The van der Waals surface area contributed by atoms with Crippen LogP contribution in [-0.4, -0.2) is 64.4 Å². The number of alkyl carbamates (subject to hydrolysis) is 1. The summed E-state index contributed by atoms with van der Waals surface area (Å²) in [6, 6.07) is 15.9. The van der Waals surface area contributed by atoms with Crippen LogP contribution in [0.15, 0.2) is 48.5 Å². The van der Waals surface area contributed by atoms with Gasteiger partial charge in [0, 0.05) is 44.3 Å². The van der Waals surface area contributed by atoms with Gasteiger partial charge in [-0.2, -0.15) is 0 Å². The summed E-state index contributed by atoms with van der Waals surface area (Å²) < 4.78 is 5.62. The molecule has 1 fully saturated rings. The van der Waals surface area contributed by atoms with Crippen molar-refractivity contribution < 1.29 is 29.3 Å². The van der Waals surface area contributed by atoms with E-state index in [0.717, 1.165) is 28.7 Å². The van der Waals surface area contributed by atoms with Gasteiger partial charge in [0.15, 0.2) is 5.60 Å². The highest BCUT2D eigenvalue weighted by atomic mass is 16.5. The average Bonchev–Trinajstić information content (AvgIpc) is 3.17. The topological polar surface area (TPSA) is 116 Å². The maximum absolute atomic E-state index is 12.8. The largest absolute Gasteiger partial charge is 0.479 e. The summed E-state index contributed by atoms with van der Waals surface area (Å²) in [5.41, 5.74) is 2.80. The van der Waals surface area contributed by atoms with Crippen LogP contribution in [0.3, 0.4) is 0 Å². The lowest BCUT2D eigenvalue weighted by Gasteiger charge is -2.36. The molecule has 0 aromatic heterocycles. The molecule has 3 N–H and O–H groups in total. The molecule has 4 rings (SSSR count). The summed E-state index contributed by atoms with van der Waals surface area (Å²) in [6.45, 7) is 2.52. The van der Waals surface area contributed by atoms with Crippen LogP contribution in [0.5, 0.6) is 0 Å². The molecule has 1 atom stereocenters. The van der Waals surface area contributed by atoms with Crippen LogP contribution in [0, 0.1) is 0 Å². The zero-order valence-electron chi connectivity index (χ0n) is 19.9. The molecule has 2 aromatic carbocycles. The lowest BCUT2D eigenvalue weighted by molar-refractivity contribution is -0.165. The number of nitrogens with one attached hydrogen (secondary N) is 1. The fourth-order valence-electron chi connectivity index (χ4n) is 5.06. The van der Waals surface area contributed by atoms with Crippen molar-refractivity contribution in [3.8, 4) is 11.1 Å². The van der Waals surface area contributed by atoms with Gasteiger partial charge < -0.3 is 25.2 Å². The maximum atomic E-state index is 12.8. The number of benzene rings is 2. The van der Waals surface area contributed by atoms with E-state index in [0.29, 0.717) is 6.42 Å². The highest BCUT2D eigenvalue weighted by Gasteiger charge is 2.40. The fraction of sp³-hybridized carbons (Fsp3) is 0.444. The van der Waals surface area contributed by atoms with Crippen molar-refractivity contribution >= 4 is 18.0 Å². The highest BCUT2D eigenvalue weighted by molar-refractivity contribution is 5.81. The standard InChI is InChI=1S/C27H32N2O6/c1-2-7-18(16-24(30)29-14-12-27(34,13-15-29)25(31)32)28-26(33)35-17-23-21-10-5-3-8-19(21)20-9-4-6-11-22(20)23/h3-6,8-11,18,23,34H,2,7,12-17H2,1H3,(H,28,33)(H,31,32)/t18-/m0/s1. The van der Waals surface area contributed by atoms with Gasteiger partial charge in [0.05, 0.1) is 0 Å². The predicted octanol–water partition coefficient (Wildman–Crippen LogP) is 3.52. The molecule has 1 aliphatic heterocycles. The molecule has 0 saturated carbocycles. The monoisotopic (exact) mass is 480 g/mol. The van der Waals surface area contributed by atoms with Crippen molar-refractivity contribution in [2.24, 2.45) is 0 Å². The quantitative estimate of drug-likeness (QED) is 0.532. The summed E-state index contributed by atoms with van der Waals surface area (Å²) in [5, 5.41) is 22.1. The lowest BCUT2D eigenvalue weighted by atomic mass is 9.91. The van der Waals surface area contributed by atoms with Gasteiger partial charge in [-0.1, -0.05) is 61.9 Å². The number of carboxylic acid groups (broad SMARTS) is 1. The van der Waals surface area contributed by atoms with E-state index in [2.05, 4.69) is 29.6 Å². The molecule has 0 spiro atoms. The molecule has 0 bridgehead atoms. The SMILES string of the molecule is CCC[C@@H](CC(=O)N1CCC(O)(C(=O)O)CC1)NC(=O)OCC1c2ccccc2-c2ccccc21. The number of piperidine rings is 1. The maximum Gasteiger partial charge on any atom is 0.407 e. The van der Waals surface area contributed by atoms with Gasteiger partial charge in [0.1, 0.15) is 6.61 Å². The zero-order chi connectivity index (χ0) is 25.0. The summed E-state index contributed by atoms with van der Waals surface area (Å²) in [7, 11) is 0. The molecule has 2 aliphatic rings. The molecule has 186 valence electrons. The molecule has 8 nitrogen and oxygen atoms in total. The lowest BCUT2D eigenvalue weighted by Crippen LogP contribution is -2.51. The average molecular weight is 481 g/mol. The smallest absolute Gasteiger partial charge is 0.407 e. The fourth-order valence-corrected chi connectivity index (χ4v) is 5.06. The first kappa shape index (κ1) is 24.7. The molecule has 2 amide bonds. The Bertz CT molecular complexity index is 1050. The van der Waals surface area contributed by atoms with E-state index in [1.807, 2.05) is 31.2 Å². The molecule has 1 heterocycles. The van der Waals surface area contributed by atoms with E-state index in [1.54, 1.807) is 4.90 Å². The summed E-state index contributed by atoms with van der Waals surface area (Å²) in [4.78, 5) is 38.2. The van der Waals surface area contributed by atoms with Crippen molar-refractivity contribution in [3.63, 3.8) is 0 Å². The predicted molar refractivity (Wildman–Crippen MR) is 130 cm³/mol. The Balaban J connectivity index is 1.33.